The Balaban J connectivity index is 2.20. The molecule has 0 amide bonds. The summed E-state index contributed by atoms with van der Waals surface area (Å²) in [5.74, 6) is 1.08. The molecule has 0 aliphatic carbocycles. The van der Waals surface area contributed by atoms with E-state index in [1.54, 1.807) is 19.2 Å². The molecule has 0 saturated carbocycles. The summed E-state index contributed by atoms with van der Waals surface area (Å²) >= 11 is 0. The molecule has 2 aromatic carbocycles. The molecule has 2 N–H and O–H groups in total. The molecule has 3 rings (SSSR count). The van der Waals surface area contributed by atoms with Crippen molar-refractivity contribution >= 4 is 16.7 Å². The van der Waals surface area contributed by atoms with Crippen molar-refractivity contribution in [3.63, 3.8) is 0 Å². The van der Waals surface area contributed by atoms with Gasteiger partial charge in [0.2, 0.25) is 0 Å². The maximum absolute atomic E-state index is 12.3. The van der Waals surface area contributed by atoms with Crippen LogP contribution in [0.5, 0.6) is 5.75 Å². The summed E-state index contributed by atoms with van der Waals surface area (Å²) in [5, 5.41) is 0.384. The van der Waals surface area contributed by atoms with Crippen molar-refractivity contribution in [2.75, 3.05) is 12.8 Å². The minimum absolute atomic E-state index is 0.157. The van der Waals surface area contributed by atoms with Crippen LogP contribution in [0.3, 0.4) is 0 Å². The predicted octanol–water partition coefficient (Wildman–Crippen LogP) is 3.61. The van der Waals surface area contributed by atoms with Gasteiger partial charge in [-0.3, -0.25) is 4.79 Å². The summed E-state index contributed by atoms with van der Waals surface area (Å²) in [6.07, 6.45) is 0.968. The zero-order valence-corrected chi connectivity index (χ0v) is 12.6. The van der Waals surface area contributed by atoms with E-state index in [4.69, 9.17) is 14.9 Å². The van der Waals surface area contributed by atoms with Crippen molar-refractivity contribution < 1.29 is 9.15 Å². The Hall–Kier alpha value is -2.75. The second kappa shape index (κ2) is 5.56. The maximum Gasteiger partial charge on any atom is 0.195 e. The first-order valence-corrected chi connectivity index (χ1v) is 7.13. The Bertz CT molecular complexity index is 879. The van der Waals surface area contributed by atoms with Crippen LogP contribution in [-0.2, 0) is 6.42 Å². The van der Waals surface area contributed by atoms with Gasteiger partial charge in [-0.25, -0.2) is 0 Å². The molecule has 0 radical (unpaired) electrons. The summed E-state index contributed by atoms with van der Waals surface area (Å²) in [4.78, 5) is 12.3. The molecule has 0 aliphatic heterocycles. The molecule has 0 bridgehead atoms. The second-order valence-electron chi connectivity index (χ2n) is 5.12. The maximum atomic E-state index is 12.3. The van der Waals surface area contributed by atoms with E-state index >= 15 is 0 Å². The largest absolute Gasteiger partial charge is 0.497 e. The molecule has 0 atom stereocenters. The van der Waals surface area contributed by atoms with Crippen LogP contribution in [0.2, 0.25) is 0 Å². The molecule has 22 heavy (non-hydrogen) atoms. The predicted molar refractivity (Wildman–Crippen MR) is 88.3 cm³/mol. The molecule has 1 heterocycles. The average Bonchev–Trinajstić information content (AvgIpc) is 2.54. The highest BCUT2D eigenvalue weighted by Crippen LogP contribution is 2.28. The van der Waals surface area contributed by atoms with Gasteiger partial charge in [-0.1, -0.05) is 31.2 Å². The quantitative estimate of drug-likeness (QED) is 0.750. The third kappa shape index (κ3) is 2.44. The van der Waals surface area contributed by atoms with Crippen LogP contribution in [0.4, 0.5) is 5.69 Å². The fourth-order valence-corrected chi connectivity index (χ4v) is 2.46. The third-order valence-electron chi connectivity index (χ3n) is 3.72. The molecular weight excluding hydrogens is 278 g/mol. The normalized spacial score (nSPS) is 10.8. The topological polar surface area (TPSA) is 65.5 Å². The summed E-state index contributed by atoms with van der Waals surface area (Å²) in [5.41, 5.74) is 8.64. The number of nitrogen functional groups attached to an aromatic ring is 1. The number of hydrogen-bond donors (Lipinski definition) is 1. The van der Waals surface area contributed by atoms with E-state index in [-0.39, 0.29) is 5.43 Å². The standard InChI is InChI=1S/C18H17NO3/c1-3-11-4-6-12(7-5-11)16-10-15(20)18-14(19)8-13(21-2)9-17(18)22-16/h4-10H,3,19H2,1-2H3. The number of fused-ring (bicyclic) bond motifs is 1. The highest BCUT2D eigenvalue weighted by molar-refractivity contribution is 5.91. The summed E-state index contributed by atoms with van der Waals surface area (Å²) in [6, 6.07) is 12.7. The first-order chi connectivity index (χ1) is 10.6. The smallest absolute Gasteiger partial charge is 0.195 e. The van der Waals surface area contributed by atoms with Crippen molar-refractivity contribution in [3.05, 3.63) is 58.3 Å². The van der Waals surface area contributed by atoms with Crippen LogP contribution >= 0.6 is 0 Å². The number of hydrogen-bond acceptors (Lipinski definition) is 4. The molecule has 0 unspecified atom stereocenters. The van der Waals surface area contributed by atoms with Crippen molar-refractivity contribution in [1.82, 2.24) is 0 Å². The molecule has 0 aliphatic rings. The lowest BCUT2D eigenvalue weighted by atomic mass is 10.1. The van der Waals surface area contributed by atoms with Crippen LogP contribution in [0.1, 0.15) is 12.5 Å². The van der Waals surface area contributed by atoms with Crippen molar-refractivity contribution in [3.8, 4) is 17.1 Å². The zero-order valence-electron chi connectivity index (χ0n) is 12.6. The molecule has 0 saturated heterocycles. The van der Waals surface area contributed by atoms with Gasteiger partial charge in [-0.05, 0) is 12.0 Å². The SMILES string of the molecule is CCc1ccc(-c2cc(=O)c3c(N)cc(OC)cc3o2)cc1. The Kier molecular flexibility index (Phi) is 3.59. The van der Waals surface area contributed by atoms with Crippen molar-refractivity contribution in [2.45, 2.75) is 13.3 Å². The molecule has 1 aromatic heterocycles. The van der Waals surface area contributed by atoms with E-state index in [1.165, 1.54) is 11.6 Å². The molecule has 4 nitrogen and oxygen atoms in total. The fraction of sp³-hybridized carbons (Fsp3) is 0.167. The van der Waals surface area contributed by atoms with Gasteiger partial charge in [0.05, 0.1) is 18.2 Å². The number of nitrogens with two attached hydrogens (primary N) is 1. The Labute approximate surface area is 128 Å². The first kappa shape index (κ1) is 14.2. The average molecular weight is 295 g/mol. The number of benzene rings is 2. The highest BCUT2D eigenvalue weighted by atomic mass is 16.5. The van der Waals surface area contributed by atoms with Gasteiger partial charge >= 0.3 is 0 Å². The number of aryl methyl sites for hydroxylation is 1. The summed E-state index contributed by atoms with van der Waals surface area (Å²) in [6.45, 7) is 2.10. The number of rotatable bonds is 3. The molecular formula is C18H17NO3. The van der Waals surface area contributed by atoms with E-state index < -0.39 is 0 Å². The minimum atomic E-state index is -0.157. The van der Waals surface area contributed by atoms with Gasteiger partial charge < -0.3 is 14.9 Å². The van der Waals surface area contributed by atoms with Gasteiger partial charge in [-0.2, -0.15) is 0 Å². The number of anilines is 1. The lowest BCUT2D eigenvalue weighted by Crippen LogP contribution is -2.04. The minimum Gasteiger partial charge on any atom is -0.497 e. The number of methoxy groups -OCH3 is 1. The first-order valence-electron chi connectivity index (χ1n) is 7.13. The molecule has 0 spiro atoms. The molecule has 0 fully saturated rings. The molecule has 112 valence electrons. The van der Waals surface area contributed by atoms with E-state index in [0.29, 0.717) is 28.2 Å². The summed E-state index contributed by atoms with van der Waals surface area (Å²) < 4.78 is 11.0. The lowest BCUT2D eigenvalue weighted by molar-refractivity contribution is 0.414. The summed E-state index contributed by atoms with van der Waals surface area (Å²) in [7, 11) is 1.55. The Morgan fingerprint density at radius 2 is 1.86 bits per heavy atom. The fourth-order valence-electron chi connectivity index (χ4n) is 2.46. The molecule has 4 heteroatoms. The van der Waals surface area contributed by atoms with Gasteiger partial charge in [0, 0.05) is 23.8 Å². The van der Waals surface area contributed by atoms with Crippen molar-refractivity contribution in [2.24, 2.45) is 0 Å². The number of ether oxygens (including phenoxy) is 1. The Morgan fingerprint density at radius 1 is 1.14 bits per heavy atom. The Morgan fingerprint density at radius 3 is 2.50 bits per heavy atom. The molecule has 3 aromatic rings. The van der Waals surface area contributed by atoms with Crippen LogP contribution in [-0.4, -0.2) is 7.11 Å². The van der Waals surface area contributed by atoms with E-state index in [0.717, 1.165) is 12.0 Å². The van der Waals surface area contributed by atoms with E-state index in [1.807, 2.05) is 24.3 Å². The van der Waals surface area contributed by atoms with E-state index in [2.05, 4.69) is 6.92 Å². The van der Waals surface area contributed by atoms with Gasteiger partial charge in [0.1, 0.15) is 17.1 Å². The van der Waals surface area contributed by atoms with E-state index in [9.17, 15) is 4.79 Å². The highest BCUT2D eigenvalue weighted by Gasteiger charge is 2.11. The van der Waals surface area contributed by atoms with Crippen LogP contribution in [0.25, 0.3) is 22.3 Å². The van der Waals surface area contributed by atoms with Crippen LogP contribution < -0.4 is 15.9 Å². The van der Waals surface area contributed by atoms with Gasteiger partial charge in [-0.15, -0.1) is 0 Å². The monoisotopic (exact) mass is 295 g/mol. The van der Waals surface area contributed by atoms with Crippen molar-refractivity contribution in [1.29, 1.82) is 0 Å². The van der Waals surface area contributed by atoms with Crippen LogP contribution in [0, 0.1) is 0 Å². The third-order valence-corrected chi connectivity index (χ3v) is 3.72. The second-order valence-corrected chi connectivity index (χ2v) is 5.12. The lowest BCUT2D eigenvalue weighted by Gasteiger charge is -2.08. The van der Waals surface area contributed by atoms with Crippen LogP contribution in [0.15, 0.2) is 51.7 Å². The van der Waals surface area contributed by atoms with Gasteiger partial charge in [0.15, 0.2) is 5.43 Å². The van der Waals surface area contributed by atoms with Gasteiger partial charge in [0.25, 0.3) is 0 Å². The zero-order chi connectivity index (χ0) is 15.7.